The minimum absolute atomic E-state index is 0.142. The van der Waals surface area contributed by atoms with Crippen LogP contribution in [0.4, 0.5) is 0 Å². The van der Waals surface area contributed by atoms with Crippen molar-refractivity contribution in [2.24, 2.45) is 5.73 Å². The van der Waals surface area contributed by atoms with Crippen LogP contribution < -0.4 is 5.73 Å². The van der Waals surface area contributed by atoms with Crippen LogP contribution in [0.25, 0.3) is 0 Å². The zero-order chi connectivity index (χ0) is 10.8. The lowest BCUT2D eigenvalue weighted by molar-refractivity contribution is 0.0355. The van der Waals surface area contributed by atoms with Crippen molar-refractivity contribution in [1.82, 2.24) is 0 Å². The number of hydrogen-bond acceptors (Lipinski definition) is 2. The molecular weight excluding hydrogens is 174 g/mol. The Morgan fingerprint density at radius 2 is 2.07 bits per heavy atom. The van der Waals surface area contributed by atoms with E-state index in [-0.39, 0.29) is 12.1 Å². The molecule has 0 radical (unpaired) electrons. The van der Waals surface area contributed by atoms with Gasteiger partial charge in [-0.3, -0.25) is 0 Å². The van der Waals surface area contributed by atoms with Gasteiger partial charge in [0.15, 0.2) is 0 Å². The standard InChI is InChI=1S/C12H23NO/c1-4-7-8-10-11(13)12(9-5-2)14-6-3/h1,11-12H,5-10,13H2,2-3H3. The summed E-state index contributed by atoms with van der Waals surface area (Å²) in [5.41, 5.74) is 6.04. The van der Waals surface area contributed by atoms with Crippen LogP contribution in [-0.4, -0.2) is 18.8 Å². The fourth-order valence-electron chi connectivity index (χ4n) is 1.55. The second kappa shape index (κ2) is 9.05. The van der Waals surface area contributed by atoms with Gasteiger partial charge in [0.05, 0.1) is 6.10 Å². The number of terminal acetylenes is 1. The molecule has 2 unspecified atom stereocenters. The van der Waals surface area contributed by atoms with E-state index in [1.165, 1.54) is 0 Å². The van der Waals surface area contributed by atoms with E-state index in [1.54, 1.807) is 0 Å². The van der Waals surface area contributed by atoms with Crippen LogP contribution in [0.1, 0.15) is 46.0 Å². The molecule has 0 bridgehead atoms. The maximum atomic E-state index is 6.04. The van der Waals surface area contributed by atoms with Crippen LogP contribution in [0.3, 0.4) is 0 Å². The van der Waals surface area contributed by atoms with E-state index in [1.807, 2.05) is 6.92 Å². The van der Waals surface area contributed by atoms with E-state index in [9.17, 15) is 0 Å². The third kappa shape index (κ3) is 6.01. The summed E-state index contributed by atoms with van der Waals surface area (Å²) in [6.45, 7) is 4.91. The van der Waals surface area contributed by atoms with Gasteiger partial charge in [-0.15, -0.1) is 12.3 Å². The van der Waals surface area contributed by atoms with E-state index < -0.39 is 0 Å². The molecule has 2 atom stereocenters. The number of nitrogens with two attached hydrogens (primary N) is 1. The first kappa shape index (κ1) is 13.5. The fraction of sp³-hybridized carbons (Fsp3) is 0.833. The van der Waals surface area contributed by atoms with Gasteiger partial charge in [0.25, 0.3) is 0 Å². The van der Waals surface area contributed by atoms with E-state index in [4.69, 9.17) is 16.9 Å². The average Bonchev–Trinajstić information content (AvgIpc) is 2.18. The van der Waals surface area contributed by atoms with Crippen LogP contribution in [0.15, 0.2) is 0 Å². The van der Waals surface area contributed by atoms with Gasteiger partial charge in [0.1, 0.15) is 0 Å². The summed E-state index contributed by atoms with van der Waals surface area (Å²) < 4.78 is 5.60. The Hall–Kier alpha value is -0.520. The quantitative estimate of drug-likeness (QED) is 0.479. The summed E-state index contributed by atoms with van der Waals surface area (Å²) in [6, 6.07) is 0.142. The number of rotatable bonds is 8. The molecule has 14 heavy (non-hydrogen) atoms. The Labute approximate surface area is 88.2 Å². The molecule has 0 aliphatic heterocycles. The maximum absolute atomic E-state index is 6.04. The predicted molar refractivity (Wildman–Crippen MR) is 61.0 cm³/mol. The van der Waals surface area contributed by atoms with Gasteiger partial charge in [-0.05, 0) is 26.2 Å². The summed E-state index contributed by atoms with van der Waals surface area (Å²) >= 11 is 0. The Kier molecular flexibility index (Phi) is 8.72. The highest BCUT2D eigenvalue weighted by atomic mass is 16.5. The van der Waals surface area contributed by atoms with Crippen molar-refractivity contribution < 1.29 is 4.74 Å². The lowest BCUT2D eigenvalue weighted by Gasteiger charge is -2.23. The highest BCUT2D eigenvalue weighted by Crippen LogP contribution is 2.11. The fourth-order valence-corrected chi connectivity index (χ4v) is 1.55. The van der Waals surface area contributed by atoms with Crippen molar-refractivity contribution in [2.75, 3.05) is 6.61 Å². The molecule has 2 nitrogen and oxygen atoms in total. The van der Waals surface area contributed by atoms with Gasteiger partial charge >= 0.3 is 0 Å². The molecule has 0 heterocycles. The Bertz CT molecular complexity index is 156. The maximum Gasteiger partial charge on any atom is 0.0725 e. The summed E-state index contributed by atoms with van der Waals surface area (Å²) in [4.78, 5) is 0. The smallest absolute Gasteiger partial charge is 0.0725 e. The molecule has 0 aromatic rings. The molecule has 82 valence electrons. The second-order valence-corrected chi connectivity index (χ2v) is 3.54. The summed E-state index contributed by atoms with van der Waals surface area (Å²) in [5.74, 6) is 2.63. The number of ether oxygens (including phenoxy) is 1. The molecule has 0 aliphatic rings. The number of unbranched alkanes of at least 4 members (excludes halogenated alkanes) is 1. The van der Waals surface area contributed by atoms with E-state index in [0.29, 0.717) is 0 Å². The van der Waals surface area contributed by atoms with Gasteiger partial charge < -0.3 is 10.5 Å². The second-order valence-electron chi connectivity index (χ2n) is 3.54. The van der Waals surface area contributed by atoms with Crippen LogP contribution in [0, 0.1) is 12.3 Å². The minimum atomic E-state index is 0.142. The Balaban J connectivity index is 3.76. The van der Waals surface area contributed by atoms with Crippen molar-refractivity contribution in [1.29, 1.82) is 0 Å². The Morgan fingerprint density at radius 3 is 2.57 bits per heavy atom. The first-order valence-corrected chi connectivity index (χ1v) is 5.56. The molecule has 0 saturated carbocycles. The van der Waals surface area contributed by atoms with Crippen molar-refractivity contribution in [3.05, 3.63) is 0 Å². The van der Waals surface area contributed by atoms with E-state index in [0.717, 1.165) is 38.7 Å². The van der Waals surface area contributed by atoms with Gasteiger partial charge in [0.2, 0.25) is 0 Å². The summed E-state index contributed by atoms with van der Waals surface area (Å²) in [5, 5.41) is 0. The molecular formula is C12H23NO. The minimum Gasteiger partial charge on any atom is -0.377 e. The monoisotopic (exact) mass is 197 g/mol. The zero-order valence-electron chi connectivity index (χ0n) is 9.46. The molecule has 0 aromatic carbocycles. The molecule has 0 saturated heterocycles. The van der Waals surface area contributed by atoms with Crippen molar-refractivity contribution in [3.8, 4) is 12.3 Å². The molecule has 0 fully saturated rings. The van der Waals surface area contributed by atoms with Crippen LogP contribution >= 0.6 is 0 Å². The number of hydrogen-bond donors (Lipinski definition) is 1. The first-order valence-electron chi connectivity index (χ1n) is 5.56. The topological polar surface area (TPSA) is 35.2 Å². The molecule has 0 aromatic heterocycles. The van der Waals surface area contributed by atoms with Crippen molar-refractivity contribution >= 4 is 0 Å². The highest BCUT2D eigenvalue weighted by molar-refractivity contribution is 4.84. The van der Waals surface area contributed by atoms with E-state index >= 15 is 0 Å². The molecule has 2 N–H and O–H groups in total. The lowest BCUT2D eigenvalue weighted by atomic mass is 10.0. The van der Waals surface area contributed by atoms with Crippen molar-refractivity contribution in [3.63, 3.8) is 0 Å². The van der Waals surface area contributed by atoms with Crippen LogP contribution in [0.5, 0.6) is 0 Å². The molecule has 2 heteroatoms. The normalized spacial score (nSPS) is 14.7. The van der Waals surface area contributed by atoms with Gasteiger partial charge in [-0.25, -0.2) is 0 Å². The van der Waals surface area contributed by atoms with E-state index in [2.05, 4.69) is 12.8 Å². The summed E-state index contributed by atoms with van der Waals surface area (Å²) in [6.07, 6.45) is 10.4. The first-order chi connectivity index (χ1) is 6.76. The van der Waals surface area contributed by atoms with Gasteiger partial charge in [-0.1, -0.05) is 13.3 Å². The van der Waals surface area contributed by atoms with Crippen molar-refractivity contribution in [2.45, 2.75) is 58.1 Å². The molecule has 0 aliphatic carbocycles. The third-order valence-corrected chi connectivity index (χ3v) is 2.29. The third-order valence-electron chi connectivity index (χ3n) is 2.29. The zero-order valence-corrected chi connectivity index (χ0v) is 9.46. The predicted octanol–water partition coefficient (Wildman–Crippen LogP) is 2.32. The van der Waals surface area contributed by atoms with Gasteiger partial charge in [-0.2, -0.15) is 0 Å². The Morgan fingerprint density at radius 1 is 1.36 bits per heavy atom. The van der Waals surface area contributed by atoms with Crippen LogP contribution in [-0.2, 0) is 4.74 Å². The van der Waals surface area contributed by atoms with Gasteiger partial charge in [0, 0.05) is 19.1 Å². The summed E-state index contributed by atoms with van der Waals surface area (Å²) in [7, 11) is 0. The average molecular weight is 197 g/mol. The molecule has 0 rings (SSSR count). The van der Waals surface area contributed by atoms with Crippen LogP contribution in [0.2, 0.25) is 0 Å². The SMILES string of the molecule is C#CCCCC(N)C(CCC)OCC. The lowest BCUT2D eigenvalue weighted by Crippen LogP contribution is -2.36. The highest BCUT2D eigenvalue weighted by Gasteiger charge is 2.16. The molecule has 0 spiro atoms. The molecule has 0 amide bonds. The largest absolute Gasteiger partial charge is 0.377 e.